The van der Waals surface area contributed by atoms with Crippen molar-refractivity contribution in [2.45, 2.75) is 19.5 Å². The lowest BCUT2D eigenvalue weighted by Gasteiger charge is -2.38. The maximum absolute atomic E-state index is 14.8. The molecule has 2 aromatic carbocycles. The van der Waals surface area contributed by atoms with E-state index in [2.05, 4.69) is 32.2 Å². The Morgan fingerprint density at radius 3 is 2.39 bits per heavy atom. The Hall–Kier alpha value is -2.55. The zero-order chi connectivity index (χ0) is 20.9. The first kappa shape index (κ1) is 23.1. The predicted molar refractivity (Wildman–Crippen MR) is 119 cm³/mol. The van der Waals surface area contributed by atoms with E-state index in [1.165, 1.54) is 6.07 Å². The number of tetrazole rings is 1. The SMILES string of the molecule is CCN1CCN(C(c2ccccc2F)c2nnnn2Cc2ccc(OC)cc2)CC1.Cl. The molecule has 0 bridgehead atoms. The van der Waals surface area contributed by atoms with E-state index in [0.29, 0.717) is 17.9 Å². The Morgan fingerprint density at radius 2 is 1.74 bits per heavy atom. The predicted octanol–water partition coefficient (Wildman–Crippen LogP) is 3.02. The van der Waals surface area contributed by atoms with Crippen LogP contribution in [0.2, 0.25) is 0 Å². The van der Waals surface area contributed by atoms with Gasteiger partial charge in [0, 0.05) is 31.7 Å². The van der Waals surface area contributed by atoms with Crippen molar-refractivity contribution in [3.63, 3.8) is 0 Å². The molecule has 1 saturated heterocycles. The molecule has 2 heterocycles. The topological polar surface area (TPSA) is 59.3 Å². The average Bonchev–Trinajstić information content (AvgIpc) is 3.24. The highest BCUT2D eigenvalue weighted by molar-refractivity contribution is 5.85. The minimum Gasteiger partial charge on any atom is -0.497 e. The highest BCUT2D eigenvalue weighted by Crippen LogP contribution is 2.30. The van der Waals surface area contributed by atoms with E-state index in [0.717, 1.165) is 44.0 Å². The second-order valence-electron chi connectivity index (χ2n) is 7.44. The first-order valence-corrected chi connectivity index (χ1v) is 10.3. The van der Waals surface area contributed by atoms with E-state index in [1.54, 1.807) is 17.9 Å². The molecular formula is C22H28ClFN6O. The molecule has 1 aromatic heterocycles. The van der Waals surface area contributed by atoms with Crippen LogP contribution in [0.4, 0.5) is 4.39 Å². The molecule has 0 aliphatic carbocycles. The molecule has 0 amide bonds. The van der Waals surface area contributed by atoms with Crippen LogP contribution in [-0.4, -0.2) is 69.8 Å². The maximum atomic E-state index is 14.8. The molecular weight excluding hydrogens is 419 g/mol. The summed E-state index contributed by atoms with van der Waals surface area (Å²) in [6.45, 7) is 7.26. The lowest BCUT2D eigenvalue weighted by Crippen LogP contribution is -2.48. The second-order valence-corrected chi connectivity index (χ2v) is 7.44. The number of hydrogen-bond donors (Lipinski definition) is 0. The maximum Gasteiger partial charge on any atom is 0.173 e. The molecule has 166 valence electrons. The van der Waals surface area contributed by atoms with Crippen LogP contribution in [0.25, 0.3) is 0 Å². The van der Waals surface area contributed by atoms with E-state index in [1.807, 2.05) is 36.4 Å². The van der Waals surface area contributed by atoms with Crippen LogP contribution in [0, 0.1) is 5.82 Å². The lowest BCUT2D eigenvalue weighted by atomic mass is 10.0. The van der Waals surface area contributed by atoms with Crippen LogP contribution < -0.4 is 4.74 Å². The number of nitrogens with zero attached hydrogens (tertiary/aromatic N) is 6. The highest BCUT2D eigenvalue weighted by Gasteiger charge is 2.32. The van der Waals surface area contributed by atoms with Crippen molar-refractivity contribution in [2.75, 3.05) is 39.8 Å². The van der Waals surface area contributed by atoms with Gasteiger partial charge < -0.3 is 9.64 Å². The molecule has 1 atom stereocenters. The zero-order valence-electron chi connectivity index (χ0n) is 17.8. The molecule has 4 rings (SSSR count). The zero-order valence-corrected chi connectivity index (χ0v) is 18.6. The molecule has 0 saturated carbocycles. The van der Waals surface area contributed by atoms with E-state index in [-0.39, 0.29) is 24.3 Å². The summed E-state index contributed by atoms with van der Waals surface area (Å²) in [5, 5.41) is 12.5. The van der Waals surface area contributed by atoms with Crippen molar-refractivity contribution in [1.29, 1.82) is 0 Å². The summed E-state index contributed by atoms with van der Waals surface area (Å²) in [5.74, 6) is 1.22. The molecule has 9 heteroatoms. The third-order valence-electron chi connectivity index (χ3n) is 5.71. The summed E-state index contributed by atoms with van der Waals surface area (Å²) in [7, 11) is 1.64. The van der Waals surface area contributed by atoms with Gasteiger partial charge in [-0.1, -0.05) is 37.3 Å². The Balaban J connectivity index is 0.00000272. The molecule has 31 heavy (non-hydrogen) atoms. The van der Waals surface area contributed by atoms with E-state index >= 15 is 0 Å². The molecule has 0 radical (unpaired) electrons. The molecule has 1 fully saturated rings. The van der Waals surface area contributed by atoms with Gasteiger partial charge in [-0.3, -0.25) is 4.90 Å². The molecule has 0 spiro atoms. The van der Waals surface area contributed by atoms with Gasteiger partial charge in [0.15, 0.2) is 5.82 Å². The van der Waals surface area contributed by atoms with Crippen LogP contribution in [0.1, 0.15) is 29.9 Å². The molecule has 0 N–H and O–H groups in total. The quantitative estimate of drug-likeness (QED) is 0.556. The highest BCUT2D eigenvalue weighted by atomic mass is 35.5. The number of benzene rings is 2. The average molecular weight is 447 g/mol. The number of piperazine rings is 1. The minimum absolute atomic E-state index is 0. The van der Waals surface area contributed by atoms with Crippen LogP contribution in [0.15, 0.2) is 48.5 Å². The van der Waals surface area contributed by atoms with Crippen LogP contribution >= 0.6 is 12.4 Å². The fourth-order valence-corrected chi connectivity index (χ4v) is 3.96. The van der Waals surface area contributed by atoms with Crippen LogP contribution in [0.3, 0.4) is 0 Å². The second kappa shape index (κ2) is 10.7. The minimum atomic E-state index is -0.335. The van der Waals surface area contributed by atoms with Gasteiger partial charge in [-0.2, -0.15) is 0 Å². The summed E-state index contributed by atoms with van der Waals surface area (Å²) in [5.41, 5.74) is 1.65. The van der Waals surface area contributed by atoms with Gasteiger partial charge in [0.1, 0.15) is 17.6 Å². The fraction of sp³-hybridized carbons (Fsp3) is 0.409. The van der Waals surface area contributed by atoms with Crippen molar-refractivity contribution in [2.24, 2.45) is 0 Å². The van der Waals surface area contributed by atoms with E-state index < -0.39 is 0 Å². The Bertz CT molecular complexity index is 959. The standard InChI is InChI=1S/C22H27FN6O.ClH/c1-3-27-12-14-28(15-13-27)21(19-6-4-5-7-20(19)23)22-24-25-26-29(22)16-17-8-10-18(30-2)11-9-17;/h4-11,21H,3,12-16H2,1-2H3;1H. The first-order valence-electron chi connectivity index (χ1n) is 10.3. The number of halogens is 2. The Labute approximate surface area is 188 Å². The van der Waals surface area contributed by atoms with Gasteiger partial charge in [0.2, 0.25) is 0 Å². The van der Waals surface area contributed by atoms with Gasteiger partial charge in [-0.25, -0.2) is 9.07 Å². The van der Waals surface area contributed by atoms with Gasteiger partial charge >= 0.3 is 0 Å². The van der Waals surface area contributed by atoms with Gasteiger partial charge in [0.05, 0.1) is 13.7 Å². The van der Waals surface area contributed by atoms with Gasteiger partial charge in [-0.05, 0) is 40.7 Å². The number of likely N-dealkylation sites (N-methyl/N-ethyl adjacent to an activating group) is 1. The molecule has 1 aliphatic heterocycles. The van der Waals surface area contributed by atoms with Crippen LogP contribution in [-0.2, 0) is 6.54 Å². The number of aromatic nitrogens is 4. The summed E-state index contributed by atoms with van der Waals surface area (Å²) in [4.78, 5) is 4.68. The summed E-state index contributed by atoms with van der Waals surface area (Å²) >= 11 is 0. The first-order chi connectivity index (χ1) is 14.7. The van der Waals surface area contributed by atoms with E-state index in [4.69, 9.17) is 4.74 Å². The van der Waals surface area contributed by atoms with Crippen molar-refractivity contribution < 1.29 is 9.13 Å². The third kappa shape index (κ3) is 5.20. The summed E-state index contributed by atoms with van der Waals surface area (Å²) in [6.07, 6.45) is 0. The number of ether oxygens (including phenoxy) is 1. The third-order valence-corrected chi connectivity index (χ3v) is 5.71. The Morgan fingerprint density at radius 1 is 1.03 bits per heavy atom. The largest absolute Gasteiger partial charge is 0.497 e. The molecule has 7 nitrogen and oxygen atoms in total. The number of hydrogen-bond acceptors (Lipinski definition) is 6. The number of methoxy groups -OCH3 is 1. The number of rotatable bonds is 7. The van der Waals surface area contributed by atoms with E-state index in [9.17, 15) is 4.39 Å². The smallest absolute Gasteiger partial charge is 0.173 e. The van der Waals surface area contributed by atoms with Crippen molar-refractivity contribution in [3.8, 4) is 5.75 Å². The van der Waals surface area contributed by atoms with Crippen molar-refractivity contribution in [1.82, 2.24) is 30.0 Å². The summed E-state index contributed by atoms with van der Waals surface area (Å²) < 4.78 is 21.8. The summed E-state index contributed by atoms with van der Waals surface area (Å²) in [6, 6.07) is 14.4. The van der Waals surface area contributed by atoms with Crippen molar-refractivity contribution in [3.05, 3.63) is 71.3 Å². The van der Waals surface area contributed by atoms with Crippen molar-refractivity contribution >= 4 is 12.4 Å². The molecule has 1 aliphatic rings. The normalized spacial score (nSPS) is 16.0. The fourth-order valence-electron chi connectivity index (χ4n) is 3.96. The lowest BCUT2D eigenvalue weighted by molar-refractivity contribution is 0.107. The molecule has 1 unspecified atom stereocenters. The Kier molecular flexibility index (Phi) is 7.95. The molecule has 3 aromatic rings. The van der Waals surface area contributed by atoms with Gasteiger partial charge in [-0.15, -0.1) is 17.5 Å². The monoisotopic (exact) mass is 446 g/mol. The van der Waals surface area contributed by atoms with Gasteiger partial charge in [0.25, 0.3) is 0 Å². The van der Waals surface area contributed by atoms with Crippen LogP contribution in [0.5, 0.6) is 5.75 Å².